The van der Waals surface area contributed by atoms with Crippen molar-refractivity contribution in [2.45, 2.75) is 141 Å². The van der Waals surface area contributed by atoms with Crippen LogP contribution in [0, 0.1) is 57.2 Å². The van der Waals surface area contributed by atoms with Crippen LogP contribution in [-0.4, -0.2) is 208 Å². The van der Waals surface area contributed by atoms with Crippen molar-refractivity contribution in [3.63, 3.8) is 0 Å². The minimum Gasteiger partial charge on any atom is -0.393 e. The Morgan fingerprint density at radius 2 is 1.27 bits per heavy atom. The third-order valence-corrected chi connectivity index (χ3v) is 23.5. The fraction of sp³-hybridized carbons (Fsp3) is 0.708. The number of halogens is 2. The number of alkyl halides is 2. The molecule has 3 aromatic rings. The van der Waals surface area contributed by atoms with Gasteiger partial charge in [0.15, 0.2) is 6.04 Å². The summed E-state index contributed by atoms with van der Waals surface area (Å²) in [7, 11) is 0. The number of amides is 8. The van der Waals surface area contributed by atoms with Crippen molar-refractivity contribution in [3.8, 4) is 0 Å². The molecule has 3 saturated carbocycles. The van der Waals surface area contributed by atoms with E-state index in [-0.39, 0.29) is 144 Å². The first-order chi connectivity index (χ1) is 43.3. The van der Waals surface area contributed by atoms with Crippen LogP contribution in [0.15, 0.2) is 41.6 Å². The Morgan fingerprint density at radius 3 is 1.82 bits per heavy atom. The van der Waals surface area contributed by atoms with E-state index in [2.05, 4.69) is 25.9 Å². The molecule has 7 atom stereocenters. The summed E-state index contributed by atoms with van der Waals surface area (Å²) in [4.78, 5) is 139. The Hall–Kier alpha value is -6.09. The Labute approximate surface area is 537 Å². The molecule has 0 aromatic carbocycles. The molecule has 12 rings (SSSR count). The number of carbonyl (C=O) groups is 8. The molecule has 3 aromatic heterocycles. The number of nitrogens with one attached hydrogen (secondary N) is 3. The quantitative estimate of drug-likeness (QED) is 0.114. The van der Waals surface area contributed by atoms with E-state index in [0.29, 0.717) is 66.9 Å². The molecule has 0 radical (unpaired) electrons. The van der Waals surface area contributed by atoms with Gasteiger partial charge in [-0.15, -0.1) is 22.7 Å². The predicted molar refractivity (Wildman–Crippen MR) is 330 cm³/mol. The number of likely N-dealkylation sites (tertiary alicyclic amines) is 5. The normalized spacial score (nSPS) is 26.0. The highest BCUT2D eigenvalue weighted by Crippen LogP contribution is 2.55. The van der Waals surface area contributed by atoms with Gasteiger partial charge in [-0.05, 0) is 101 Å². The van der Waals surface area contributed by atoms with Crippen LogP contribution in [0.1, 0.15) is 148 Å². The van der Waals surface area contributed by atoms with Crippen molar-refractivity contribution < 1.29 is 61.7 Å². The average Bonchev–Trinajstić information content (AvgIpc) is 1.63. The lowest BCUT2D eigenvalue weighted by Crippen LogP contribution is -2.67. The van der Waals surface area contributed by atoms with Gasteiger partial charge in [0.25, 0.3) is 11.8 Å². The lowest BCUT2D eigenvalue weighted by atomic mass is 9.69. The van der Waals surface area contributed by atoms with Crippen LogP contribution in [0.5, 0.6) is 0 Å². The molecule has 9 heterocycles. The topological polar surface area (TPSA) is 266 Å². The third kappa shape index (κ3) is 13.4. The minimum absolute atomic E-state index is 0.0170. The van der Waals surface area contributed by atoms with Crippen molar-refractivity contribution in [1.29, 1.82) is 0 Å². The van der Waals surface area contributed by atoms with Gasteiger partial charge < -0.3 is 55.0 Å². The van der Waals surface area contributed by atoms with Gasteiger partial charge >= 0.3 is 0 Å². The van der Waals surface area contributed by atoms with Gasteiger partial charge in [-0.2, -0.15) is 0 Å². The van der Waals surface area contributed by atoms with Crippen LogP contribution < -0.4 is 16.0 Å². The van der Waals surface area contributed by atoms with Crippen molar-refractivity contribution >= 4 is 69.9 Å². The summed E-state index contributed by atoms with van der Waals surface area (Å²) in [5.41, 5.74) is 1.19. The van der Waals surface area contributed by atoms with Crippen molar-refractivity contribution in [2.24, 2.45) is 57.2 Å². The van der Waals surface area contributed by atoms with Gasteiger partial charge in [-0.25, -0.2) is 8.78 Å². The zero-order valence-electron chi connectivity index (χ0n) is 52.7. The van der Waals surface area contributed by atoms with Gasteiger partial charge in [0.1, 0.15) is 15.8 Å². The van der Waals surface area contributed by atoms with Crippen LogP contribution in [0.4, 0.5) is 8.78 Å². The number of thiazole rings is 2. The van der Waals surface area contributed by atoms with E-state index in [0.717, 1.165) is 31.4 Å². The molecule has 22 nitrogen and oxygen atoms in total. The van der Waals surface area contributed by atoms with Crippen molar-refractivity contribution in [2.75, 3.05) is 91.8 Å². The molecule has 4 N–H and O–H groups in total. The van der Waals surface area contributed by atoms with Gasteiger partial charge in [0.2, 0.25) is 41.4 Å². The fourth-order valence-electron chi connectivity index (χ4n) is 15.9. The maximum absolute atomic E-state index is 15.1. The van der Waals surface area contributed by atoms with Crippen LogP contribution in [0.3, 0.4) is 0 Å². The molecule has 8 amide bonds. The summed E-state index contributed by atoms with van der Waals surface area (Å²) in [6.07, 6.45) is 6.47. The molecular weight excluding hydrogens is 1210 g/mol. The zero-order chi connectivity index (χ0) is 64.4. The molecule has 9 fully saturated rings. The van der Waals surface area contributed by atoms with Crippen LogP contribution in [0.2, 0.25) is 0 Å². The molecule has 9 aliphatic rings. The SMILES string of the molecule is C[C@@H](OCC1CCC(F)(F)CC1)[C@H](NC(=O)[C@@H]1CN(C(=O)c2cncs2)CC12CN(C(=O)C(C)(C)C1CC1CNC(=O)C(NC(=O)[C@@H]1CN(C(=O)c3cncs3)CC13CN(C(=O)C(C)(C)C1CC1)C3)c1cccc(C3CCOCC3)n1)C2)C(=O)N1CCC(O)CC1. The number of hydrogen-bond donors (Lipinski definition) is 4. The van der Waals surface area contributed by atoms with E-state index in [9.17, 15) is 47.4 Å². The zero-order valence-corrected chi connectivity index (χ0v) is 54.4. The van der Waals surface area contributed by atoms with E-state index in [1.165, 1.54) is 35.1 Å². The number of piperidine rings is 1. The van der Waals surface area contributed by atoms with Crippen molar-refractivity contribution in [3.05, 3.63) is 62.8 Å². The molecule has 3 unspecified atom stereocenters. The summed E-state index contributed by atoms with van der Waals surface area (Å²) < 4.78 is 40.1. The molecule has 3 aliphatic carbocycles. The molecule has 91 heavy (non-hydrogen) atoms. The van der Waals surface area contributed by atoms with E-state index in [4.69, 9.17) is 14.5 Å². The minimum atomic E-state index is -2.72. The maximum atomic E-state index is 15.1. The Morgan fingerprint density at radius 1 is 0.725 bits per heavy atom. The number of pyridine rings is 1. The standard InChI is InChI=1S/C65H87F2N11O11S2/c1-38(89-29-39-11-17-65(66,67)18-12-39)51(58(85)74-19-13-43(79)14-20-74)72-53(80)45-27-75(56(83)49-25-68-36-90-49)31-64(45)34-78(35-64)60(87)62(4,5)44-23-41(44)24-70-55(82)52(48-8-6-7-47(71-48)40-15-21-88-22-16-40)73-54(81)46-28-76(57(84)50-26-69-37-91-50)30-63(46)32-77(33-63)59(86)61(2,3)42-9-10-42/h6-8,25-26,36-46,51-52,79H,9-24,27-35H2,1-5H3,(H,70,82)(H,72,80)(H,73,81)/t38-,41?,44?,45+,46+,51+,52?/m1/s1. The second-order valence-corrected chi connectivity index (χ2v) is 30.8. The van der Waals surface area contributed by atoms with Crippen LogP contribution >= 0.6 is 22.7 Å². The van der Waals surface area contributed by atoms with Gasteiger partial charge in [-0.3, -0.25) is 53.3 Å². The maximum Gasteiger partial charge on any atom is 0.265 e. The van der Waals surface area contributed by atoms with Crippen LogP contribution in [0.25, 0.3) is 0 Å². The largest absolute Gasteiger partial charge is 0.393 e. The molecule has 2 spiro atoms. The number of ether oxygens (including phenoxy) is 2. The fourth-order valence-corrected chi connectivity index (χ4v) is 17.0. The van der Waals surface area contributed by atoms with Gasteiger partial charge in [-0.1, -0.05) is 33.8 Å². The lowest BCUT2D eigenvalue weighted by Gasteiger charge is -2.52. The van der Waals surface area contributed by atoms with Crippen molar-refractivity contribution in [1.82, 2.24) is 55.4 Å². The van der Waals surface area contributed by atoms with E-state index in [1.54, 1.807) is 43.6 Å². The Kier molecular flexibility index (Phi) is 18.3. The Bertz CT molecular complexity index is 3200. The van der Waals surface area contributed by atoms with E-state index < -0.39 is 81.4 Å². The second-order valence-electron chi connectivity index (χ2n) is 29.0. The number of aromatic nitrogens is 3. The highest BCUT2D eigenvalue weighted by atomic mass is 32.1. The molecule has 0 bridgehead atoms. The first-order valence-electron chi connectivity index (χ1n) is 32.7. The molecular formula is C65H87F2N11O11S2. The predicted octanol–water partition coefficient (Wildman–Crippen LogP) is 5.16. The van der Waals surface area contributed by atoms with Gasteiger partial charge in [0, 0.05) is 138 Å². The number of carbonyl (C=O) groups excluding carboxylic acids is 8. The number of hydrogen-bond acceptors (Lipinski definition) is 16. The summed E-state index contributed by atoms with van der Waals surface area (Å²) >= 11 is 2.40. The molecule has 494 valence electrons. The molecule has 6 saturated heterocycles. The third-order valence-electron chi connectivity index (χ3n) is 22.0. The molecule has 6 aliphatic heterocycles. The smallest absolute Gasteiger partial charge is 0.265 e. The highest BCUT2D eigenvalue weighted by molar-refractivity contribution is 7.12. The van der Waals surface area contributed by atoms with E-state index in [1.807, 2.05) is 44.7 Å². The number of aliphatic hydroxyl groups excluding tert-OH is 1. The number of rotatable bonds is 20. The second kappa shape index (κ2) is 25.7. The summed E-state index contributed by atoms with van der Waals surface area (Å²) in [6, 6.07) is 3.12. The number of aliphatic hydroxyl groups is 1. The summed E-state index contributed by atoms with van der Waals surface area (Å²) in [5.74, 6) is -6.77. The monoisotopic (exact) mass is 1300 g/mol. The summed E-state index contributed by atoms with van der Waals surface area (Å²) in [6.45, 7) is 12.9. The van der Waals surface area contributed by atoms with Gasteiger partial charge in [0.05, 0.1) is 53.2 Å². The first kappa shape index (κ1) is 65.0. The Balaban J connectivity index is 0.724. The van der Waals surface area contributed by atoms with Crippen LogP contribution in [-0.2, 0) is 38.2 Å². The number of nitrogens with zero attached hydrogens (tertiary/aromatic N) is 8. The molecule has 26 heteroatoms. The van der Waals surface area contributed by atoms with E-state index >= 15 is 4.79 Å². The lowest BCUT2D eigenvalue weighted by molar-refractivity contribution is -0.159. The first-order valence-corrected chi connectivity index (χ1v) is 34.4. The average molecular weight is 1300 g/mol. The summed E-state index contributed by atoms with van der Waals surface area (Å²) in [5, 5.41) is 19.6. The highest BCUT2D eigenvalue weighted by Gasteiger charge is 2.64.